The number of fused-ring (bicyclic) bond motifs is 1. The molecule has 0 fully saturated rings. The summed E-state index contributed by atoms with van der Waals surface area (Å²) >= 11 is 11.7. The summed E-state index contributed by atoms with van der Waals surface area (Å²) in [6, 6.07) is 15.2. The molecule has 1 atom stereocenters. The number of nitrogens with zero attached hydrogens (tertiary/aromatic N) is 3. The smallest absolute Gasteiger partial charge is 0.272 e. The highest BCUT2D eigenvalue weighted by Gasteiger charge is 2.30. The van der Waals surface area contributed by atoms with Gasteiger partial charge in [-0.25, -0.2) is 4.99 Å². The number of hydrogen-bond donors (Lipinski definition) is 2. The molecule has 0 bridgehead atoms. The number of thiocarbonyl (C=S) groups is 1. The van der Waals surface area contributed by atoms with E-state index in [9.17, 15) is 4.79 Å². The largest absolute Gasteiger partial charge is 0.361 e. The first-order valence-corrected chi connectivity index (χ1v) is 11.2. The Morgan fingerprint density at radius 1 is 1.19 bits per heavy atom. The maximum absolute atomic E-state index is 13.2. The molecule has 0 saturated heterocycles. The number of halogens is 1. The summed E-state index contributed by atoms with van der Waals surface area (Å²) in [6.07, 6.45) is -0.847. The third kappa shape index (κ3) is 5.61. The molecule has 1 heterocycles. The second-order valence-electron chi connectivity index (χ2n) is 7.23. The summed E-state index contributed by atoms with van der Waals surface area (Å²) in [6.45, 7) is 7.78. The van der Waals surface area contributed by atoms with Crippen LogP contribution >= 0.6 is 23.8 Å². The molecule has 2 aromatic rings. The maximum atomic E-state index is 13.2. The van der Waals surface area contributed by atoms with Gasteiger partial charge in [0.25, 0.3) is 5.91 Å². The van der Waals surface area contributed by atoms with Crippen molar-refractivity contribution in [1.29, 1.82) is 0 Å². The molecule has 31 heavy (non-hydrogen) atoms. The predicted octanol–water partition coefficient (Wildman–Crippen LogP) is 3.29. The molecule has 8 heteroatoms. The standard InChI is InChI=1S/C23H28ClN5OS/c1-4-29(5-2)14-13-25-23(31)27-21-22(30)28(3)19-12-11-17(24)15-18(19)20(26-21)16-9-7-6-8-10-16/h6-12,15,21H,4-5,13-14H2,1-3H3,(H2,25,27,31). The van der Waals surface area contributed by atoms with Gasteiger partial charge in [-0.15, -0.1) is 0 Å². The highest BCUT2D eigenvalue weighted by Crippen LogP contribution is 2.29. The quantitative estimate of drug-likeness (QED) is 0.625. The number of amides is 1. The number of hydrogen-bond acceptors (Lipinski definition) is 4. The van der Waals surface area contributed by atoms with Gasteiger partial charge in [-0.2, -0.15) is 0 Å². The molecular weight excluding hydrogens is 430 g/mol. The van der Waals surface area contributed by atoms with E-state index in [0.717, 1.165) is 36.4 Å². The molecule has 1 amide bonds. The number of benzene rings is 2. The number of carbonyl (C=O) groups is 1. The lowest BCUT2D eigenvalue weighted by molar-refractivity contribution is -0.119. The molecule has 0 aromatic heterocycles. The number of rotatable bonds is 7. The number of carbonyl (C=O) groups excluding carboxylic acids is 1. The van der Waals surface area contributed by atoms with Crippen LogP contribution in [0, 0.1) is 0 Å². The molecule has 1 aliphatic heterocycles. The van der Waals surface area contributed by atoms with E-state index in [1.165, 1.54) is 0 Å². The topological polar surface area (TPSA) is 60.0 Å². The Bertz CT molecular complexity index is 962. The summed E-state index contributed by atoms with van der Waals surface area (Å²) in [5, 5.41) is 7.26. The van der Waals surface area contributed by atoms with E-state index < -0.39 is 6.17 Å². The van der Waals surface area contributed by atoms with Gasteiger partial charge >= 0.3 is 0 Å². The van der Waals surface area contributed by atoms with Gasteiger partial charge in [-0.1, -0.05) is 55.8 Å². The van der Waals surface area contributed by atoms with Crippen LogP contribution in [-0.2, 0) is 4.79 Å². The van der Waals surface area contributed by atoms with Crippen molar-refractivity contribution in [2.24, 2.45) is 4.99 Å². The zero-order valence-electron chi connectivity index (χ0n) is 18.1. The van der Waals surface area contributed by atoms with E-state index >= 15 is 0 Å². The maximum Gasteiger partial charge on any atom is 0.272 e. The number of nitrogens with one attached hydrogen (secondary N) is 2. The van der Waals surface area contributed by atoms with Crippen LogP contribution in [0.25, 0.3) is 0 Å². The number of anilines is 1. The molecule has 3 rings (SSSR count). The molecule has 2 N–H and O–H groups in total. The van der Waals surface area contributed by atoms with Gasteiger partial charge in [0, 0.05) is 36.3 Å². The van der Waals surface area contributed by atoms with E-state index in [1.54, 1.807) is 18.0 Å². The first-order chi connectivity index (χ1) is 14.9. The lowest BCUT2D eigenvalue weighted by Crippen LogP contribution is -2.50. The van der Waals surface area contributed by atoms with Gasteiger partial charge < -0.3 is 20.4 Å². The first-order valence-electron chi connectivity index (χ1n) is 10.4. The third-order valence-electron chi connectivity index (χ3n) is 5.32. The van der Waals surface area contributed by atoms with Gasteiger partial charge in [0.15, 0.2) is 5.11 Å². The van der Waals surface area contributed by atoms with E-state index in [1.807, 2.05) is 42.5 Å². The molecule has 6 nitrogen and oxygen atoms in total. The van der Waals surface area contributed by atoms with Crippen molar-refractivity contribution >= 4 is 46.2 Å². The lowest BCUT2D eigenvalue weighted by Gasteiger charge is -2.23. The van der Waals surface area contributed by atoms with Gasteiger partial charge in [-0.05, 0) is 43.5 Å². The number of benzodiazepines with no additional fused rings is 1. The first kappa shape index (κ1) is 23.2. The lowest BCUT2D eigenvalue weighted by atomic mass is 10.0. The average molecular weight is 458 g/mol. The molecule has 1 unspecified atom stereocenters. The third-order valence-corrected chi connectivity index (χ3v) is 5.82. The molecular formula is C23H28ClN5OS. The van der Waals surface area contributed by atoms with Crippen molar-refractivity contribution < 1.29 is 4.79 Å². The second kappa shape index (κ2) is 10.7. The Hall–Kier alpha value is -2.48. The number of aliphatic imine (C=N–C) groups is 1. The Labute approximate surface area is 194 Å². The minimum atomic E-state index is -0.847. The molecule has 0 radical (unpaired) electrons. The predicted molar refractivity (Wildman–Crippen MR) is 132 cm³/mol. The van der Waals surface area contributed by atoms with Crippen molar-refractivity contribution in [3.8, 4) is 0 Å². The molecule has 164 valence electrons. The summed E-state index contributed by atoms with van der Waals surface area (Å²) in [7, 11) is 1.74. The SMILES string of the molecule is CCN(CC)CCNC(=S)NC1N=C(c2ccccc2)c2cc(Cl)ccc2N(C)C1=O. The fraction of sp³-hybridized carbons (Fsp3) is 0.348. The van der Waals surface area contributed by atoms with Crippen LogP contribution in [0.15, 0.2) is 53.5 Å². The highest BCUT2D eigenvalue weighted by atomic mass is 35.5. The van der Waals surface area contributed by atoms with Crippen LogP contribution in [0.1, 0.15) is 25.0 Å². The molecule has 0 saturated carbocycles. The fourth-order valence-electron chi connectivity index (χ4n) is 3.51. The normalized spacial score (nSPS) is 15.9. The zero-order valence-corrected chi connectivity index (χ0v) is 19.6. The van der Waals surface area contributed by atoms with E-state index in [0.29, 0.717) is 22.4 Å². The van der Waals surface area contributed by atoms with E-state index in [2.05, 4.69) is 29.4 Å². The Morgan fingerprint density at radius 2 is 1.90 bits per heavy atom. The summed E-state index contributed by atoms with van der Waals surface area (Å²) in [5.41, 5.74) is 3.15. The highest BCUT2D eigenvalue weighted by molar-refractivity contribution is 7.80. The van der Waals surface area contributed by atoms with Gasteiger partial charge in [0.2, 0.25) is 6.17 Å². The molecule has 0 aliphatic carbocycles. The van der Waals surface area contributed by atoms with Crippen molar-refractivity contribution in [3.63, 3.8) is 0 Å². The van der Waals surface area contributed by atoms with Crippen LogP contribution in [0.4, 0.5) is 5.69 Å². The zero-order chi connectivity index (χ0) is 22.4. The van der Waals surface area contributed by atoms with Crippen LogP contribution < -0.4 is 15.5 Å². The van der Waals surface area contributed by atoms with Crippen molar-refractivity contribution in [2.75, 3.05) is 38.1 Å². The number of likely N-dealkylation sites (N-methyl/N-ethyl adjacent to an activating group) is 2. The van der Waals surface area contributed by atoms with Crippen LogP contribution in [0.5, 0.6) is 0 Å². The monoisotopic (exact) mass is 457 g/mol. The Morgan fingerprint density at radius 3 is 2.58 bits per heavy atom. The molecule has 0 spiro atoms. The summed E-state index contributed by atoms with van der Waals surface area (Å²) in [4.78, 5) is 21.9. The summed E-state index contributed by atoms with van der Waals surface area (Å²) < 4.78 is 0. The molecule has 2 aromatic carbocycles. The van der Waals surface area contributed by atoms with Gasteiger partial charge in [0.1, 0.15) is 0 Å². The van der Waals surface area contributed by atoms with Crippen molar-refractivity contribution in [3.05, 3.63) is 64.7 Å². The van der Waals surface area contributed by atoms with E-state index in [4.69, 9.17) is 28.8 Å². The fourth-order valence-corrected chi connectivity index (χ4v) is 3.89. The van der Waals surface area contributed by atoms with Crippen LogP contribution in [0.3, 0.4) is 0 Å². The van der Waals surface area contributed by atoms with Gasteiger partial charge in [0.05, 0.1) is 11.4 Å². The van der Waals surface area contributed by atoms with E-state index in [-0.39, 0.29) is 5.91 Å². The van der Waals surface area contributed by atoms with Gasteiger partial charge in [-0.3, -0.25) is 4.79 Å². The Balaban J connectivity index is 1.88. The van der Waals surface area contributed by atoms with Crippen LogP contribution in [-0.4, -0.2) is 61.0 Å². The van der Waals surface area contributed by atoms with Crippen LogP contribution in [0.2, 0.25) is 5.02 Å². The van der Waals surface area contributed by atoms with Crippen molar-refractivity contribution in [1.82, 2.24) is 15.5 Å². The average Bonchev–Trinajstić information content (AvgIpc) is 2.87. The minimum absolute atomic E-state index is 0.192. The van der Waals surface area contributed by atoms with Crippen molar-refractivity contribution in [2.45, 2.75) is 20.0 Å². The Kier molecular flexibility index (Phi) is 8.01. The molecule has 1 aliphatic rings. The second-order valence-corrected chi connectivity index (χ2v) is 8.08. The minimum Gasteiger partial charge on any atom is -0.361 e. The summed E-state index contributed by atoms with van der Waals surface area (Å²) in [5.74, 6) is -0.192.